The van der Waals surface area contributed by atoms with Crippen molar-refractivity contribution in [1.29, 1.82) is 0 Å². The molecule has 1 atom stereocenters. The van der Waals surface area contributed by atoms with Gasteiger partial charge in [-0.25, -0.2) is 0 Å². The minimum absolute atomic E-state index is 0.108. The van der Waals surface area contributed by atoms with Gasteiger partial charge in [0.25, 0.3) is 11.8 Å². The molecule has 1 aliphatic heterocycles. The number of amides is 2. The maximum atomic E-state index is 12.4. The molecule has 1 saturated heterocycles. The minimum Gasteiger partial charge on any atom is -0.378 e. The molecule has 0 bridgehead atoms. The number of ether oxygens (including phenoxy) is 1. The summed E-state index contributed by atoms with van der Waals surface area (Å²) in [6, 6.07) is 13.7. The van der Waals surface area contributed by atoms with Crippen LogP contribution >= 0.6 is 0 Å². The lowest BCUT2D eigenvalue weighted by Gasteiger charge is -2.28. The van der Waals surface area contributed by atoms with Crippen molar-refractivity contribution < 1.29 is 19.2 Å². The molecule has 2 aromatic rings. The lowest BCUT2D eigenvalue weighted by Crippen LogP contribution is -3.11. The van der Waals surface area contributed by atoms with Crippen LogP contribution in [0.2, 0.25) is 0 Å². The lowest BCUT2D eigenvalue weighted by atomic mass is 10.1. The summed E-state index contributed by atoms with van der Waals surface area (Å²) in [6.07, 6.45) is 0. The Morgan fingerprint density at radius 3 is 2.27 bits per heavy atom. The van der Waals surface area contributed by atoms with Gasteiger partial charge in [0.05, 0.1) is 20.3 Å². The van der Waals surface area contributed by atoms with Crippen LogP contribution in [0.25, 0.3) is 0 Å². The highest BCUT2D eigenvalue weighted by atomic mass is 16.5. The first-order valence-corrected chi connectivity index (χ1v) is 10.3. The van der Waals surface area contributed by atoms with Gasteiger partial charge in [-0.3, -0.25) is 9.59 Å². The van der Waals surface area contributed by atoms with Gasteiger partial charge >= 0.3 is 0 Å². The lowest BCUT2D eigenvalue weighted by molar-refractivity contribution is -0.862. The Bertz CT molecular complexity index is 877. The number of carbonyl (C=O) groups is 2. The summed E-state index contributed by atoms with van der Waals surface area (Å²) in [7, 11) is 1.84. The maximum absolute atomic E-state index is 12.4. The number of quaternary nitrogens is 1. The monoisotopic (exact) mass is 411 g/mol. The van der Waals surface area contributed by atoms with E-state index < -0.39 is 0 Å². The molecule has 0 aliphatic carbocycles. The zero-order chi connectivity index (χ0) is 21.5. The van der Waals surface area contributed by atoms with Crippen LogP contribution < -0.4 is 20.4 Å². The Balaban J connectivity index is 1.45. The van der Waals surface area contributed by atoms with Gasteiger partial charge in [-0.2, -0.15) is 0 Å². The third-order valence-corrected chi connectivity index (χ3v) is 5.33. The number of benzene rings is 2. The van der Waals surface area contributed by atoms with Gasteiger partial charge < -0.3 is 25.2 Å². The Labute approximate surface area is 178 Å². The number of hydrogen-bond donors (Lipinski definition) is 3. The Morgan fingerprint density at radius 2 is 1.60 bits per heavy atom. The molecule has 160 valence electrons. The molecule has 2 aromatic carbocycles. The van der Waals surface area contributed by atoms with Gasteiger partial charge in [-0.05, 0) is 55.3 Å². The first-order valence-electron chi connectivity index (χ1n) is 10.3. The van der Waals surface area contributed by atoms with Gasteiger partial charge in [0, 0.05) is 30.2 Å². The molecule has 3 N–H and O–H groups in total. The zero-order valence-corrected chi connectivity index (χ0v) is 18.0. The van der Waals surface area contributed by atoms with E-state index >= 15 is 0 Å². The predicted octanol–water partition coefficient (Wildman–Crippen LogP) is 1.23. The van der Waals surface area contributed by atoms with E-state index in [1.807, 2.05) is 63.4 Å². The molecule has 2 amide bonds. The predicted molar refractivity (Wildman–Crippen MR) is 119 cm³/mol. The fourth-order valence-electron chi connectivity index (χ4n) is 3.47. The van der Waals surface area contributed by atoms with Crippen molar-refractivity contribution in [2.24, 2.45) is 0 Å². The van der Waals surface area contributed by atoms with Crippen LogP contribution in [0.15, 0.2) is 42.5 Å². The van der Waals surface area contributed by atoms with Gasteiger partial charge in [0.15, 0.2) is 13.1 Å². The highest BCUT2D eigenvalue weighted by Gasteiger charge is 2.16. The molecule has 3 rings (SSSR count). The summed E-state index contributed by atoms with van der Waals surface area (Å²) < 4.78 is 5.38. The van der Waals surface area contributed by atoms with E-state index in [0.717, 1.165) is 59.4 Å². The molecular weight excluding hydrogens is 380 g/mol. The largest absolute Gasteiger partial charge is 0.378 e. The molecule has 7 nitrogen and oxygen atoms in total. The van der Waals surface area contributed by atoms with Crippen molar-refractivity contribution in [2.75, 3.05) is 62.0 Å². The van der Waals surface area contributed by atoms with Crippen LogP contribution in [-0.2, 0) is 14.3 Å². The van der Waals surface area contributed by atoms with E-state index in [-0.39, 0.29) is 24.9 Å². The summed E-state index contributed by atoms with van der Waals surface area (Å²) in [5.74, 6) is -0.227. The number of hydrogen-bond acceptors (Lipinski definition) is 4. The minimum atomic E-state index is -0.119. The highest BCUT2D eigenvalue weighted by molar-refractivity contribution is 5.93. The summed E-state index contributed by atoms with van der Waals surface area (Å²) in [6.45, 7) is 7.67. The number of anilines is 3. The molecule has 0 spiro atoms. The molecule has 0 radical (unpaired) electrons. The van der Waals surface area contributed by atoms with Crippen LogP contribution in [-0.4, -0.2) is 58.3 Å². The molecule has 1 fully saturated rings. The topological polar surface area (TPSA) is 75.1 Å². The van der Waals surface area contributed by atoms with Crippen molar-refractivity contribution in [2.45, 2.75) is 13.8 Å². The van der Waals surface area contributed by atoms with Gasteiger partial charge in [0.2, 0.25) is 0 Å². The van der Waals surface area contributed by atoms with Crippen LogP contribution in [0, 0.1) is 13.8 Å². The Morgan fingerprint density at radius 1 is 0.967 bits per heavy atom. The van der Waals surface area contributed by atoms with Crippen LogP contribution in [0.3, 0.4) is 0 Å². The second-order valence-electron chi connectivity index (χ2n) is 7.80. The van der Waals surface area contributed by atoms with Crippen molar-refractivity contribution in [3.63, 3.8) is 0 Å². The first kappa shape index (κ1) is 21.8. The second-order valence-corrected chi connectivity index (χ2v) is 7.80. The van der Waals surface area contributed by atoms with Gasteiger partial charge in [-0.1, -0.05) is 12.1 Å². The summed E-state index contributed by atoms with van der Waals surface area (Å²) in [4.78, 5) is 27.8. The molecule has 0 saturated carbocycles. The van der Waals surface area contributed by atoms with E-state index in [1.165, 1.54) is 0 Å². The quantitative estimate of drug-likeness (QED) is 0.641. The van der Waals surface area contributed by atoms with Crippen LogP contribution in [0.4, 0.5) is 17.1 Å². The van der Waals surface area contributed by atoms with Crippen LogP contribution in [0.1, 0.15) is 11.1 Å². The van der Waals surface area contributed by atoms with E-state index in [1.54, 1.807) is 0 Å². The third kappa shape index (κ3) is 6.05. The molecule has 1 unspecified atom stereocenters. The second kappa shape index (κ2) is 10.2. The Kier molecular flexibility index (Phi) is 7.43. The zero-order valence-electron chi connectivity index (χ0n) is 18.0. The molecular formula is C23H31N4O3+. The average Bonchev–Trinajstić information content (AvgIpc) is 2.72. The average molecular weight is 412 g/mol. The molecule has 7 heteroatoms. The van der Waals surface area contributed by atoms with Gasteiger partial charge in [-0.15, -0.1) is 0 Å². The Hall–Kier alpha value is -2.90. The van der Waals surface area contributed by atoms with Crippen molar-refractivity contribution in [3.8, 4) is 0 Å². The first-order chi connectivity index (χ1) is 14.4. The molecule has 1 aliphatic rings. The van der Waals surface area contributed by atoms with E-state index in [0.29, 0.717) is 0 Å². The smallest absolute Gasteiger partial charge is 0.279 e. The fourth-order valence-corrected chi connectivity index (χ4v) is 3.47. The molecule has 1 heterocycles. The van der Waals surface area contributed by atoms with E-state index in [9.17, 15) is 9.59 Å². The standard InChI is InChI=1S/C23H30N4O3/c1-17-5-4-6-21(18(17)2)25-23(29)16-26(3)15-22(28)24-19-7-9-20(10-8-19)27-11-13-30-14-12-27/h4-10H,11-16H2,1-3H3,(H,24,28)(H,25,29)/p+1. The maximum Gasteiger partial charge on any atom is 0.279 e. The highest BCUT2D eigenvalue weighted by Crippen LogP contribution is 2.19. The molecule has 0 aromatic heterocycles. The van der Waals surface area contributed by atoms with E-state index in [4.69, 9.17) is 4.74 Å². The van der Waals surface area contributed by atoms with Crippen molar-refractivity contribution in [3.05, 3.63) is 53.6 Å². The summed E-state index contributed by atoms with van der Waals surface area (Å²) in [5, 5.41) is 5.85. The van der Waals surface area contributed by atoms with Crippen molar-refractivity contribution in [1.82, 2.24) is 0 Å². The van der Waals surface area contributed by atoms with E-state index in [2.05, 4.69) is 15.5 Å². The fraction of sp³-hybridized carbons (Fsp3) is 0.391. The number of rotatable bonds is 7. The number of nitrogens with zero attached hydrogens (tertiary/aromatic N) is 1. The van der Waals surface area contributed by atoms with Crippen LogP contribution in [0.5, 0.6) is 0 Å². The number of likely N-dealkylation sites (N-methyl/N-ethyl adjacent to an activating group) is 1. The van der Waals surface area contributed by atoms with Gasteiger partial charge in [0.1, 0.15) is 0 Å². The third-order valence-electron chi connectivity index (χ3n) is 5.33. The summed E-state index contributed by atoms with van der Waals surface area (Å²) in [5.41, 5.74) is 4.89. The number of carbonyl (C=O) groups excluding carboxylic acids is 2. The number of aryl methyl sites for hydroxylation is 1. The summed E-state index contributed by atoms with van der Waals surface area (Å²) >= 11 is 0. The van der Waals surface area contributed by atoms with Crippen molar-refractivity contribution >= 4 is 28.9 Å². The normalized spacial score (nSPS) is 14.8. The molecule has 30 heavy (non-hydrogen) atoms. The number of nitrogens with one attached hydrogen (secondary N) is 3. The number of morpholine rings is 1. The SMILES string of the molecule is Cc1cccc(NC(=O)C[NH+](C)CC(=O)Nc2ccc(N3CCOCC3)cc2)c1C.